The van der Waals surface area contributed by atoms with Gasteiger partial charge in [0.25, 0.3) is 5.82 Å². The highest BCUT2D eigenvalue weighted by atomic mass is 19.4. The van der Waals surface area contributed by atoms with E-state index in [1.807, 2.05) is 17.0 Å². The minimum Gasteiger partial charge on any atom is -0.457 e. The van der Waals surface area contributed by atoms with E-state index in [4.69, 9.17) is 4.74 Å². The molecule has 184 valence electrons. The Labute approximate surface area is 199 Å². The number of hydrogen-bond donors (Lipinski definition) is 0. The first kappa shape index (κ1) is 23.3. The van der Waals surface area contributed by atoms with Crippen LogP contribution in [0.3, 0.4) is 0 Å². The summed E-state index contributed by atoms with van der Waals surface area (Å²) in [5, 5.41) is 10.7. The highest BCUT2D eigenvalue weighted by Crippen LogP contribution is 2.29. The summed E-state index contributed by atoms with van der Waals surface area (Å²) in [7, 11) is 0. The smallest absolute Gasteiger partial charge is 0.453 e. The Hall–Kier alpha value is -3.50. The lowest BCUT2D eigenvalue weighted by atomic mass is 9.90. The van der Waals surface area contributed by atoms with E-state index in [0.29, 0.717) is 41.8 Å². The summed E-state index contributed by atoms with van der Waals surface area (Å²) in [6, 6.07) is 8.70. The maximum atomic E-state index is 13.1. The number of carbonyl (C=O) groups excluding carboxylic acids is 2. The predicted octanol–water partition coefficient (Wildman–Crippen LogP) is 3.66. The molecule has 0 radical (unpaired) electrons. The van der Waals surface area contributed by atoms with Crippen LogP contribution >= 0.6 is 0 Å². The molecule has 1 aliphatic heterocycles. The van der Waals surface area contributed by atoms with Gasteiger partial charge < -0.3 is 9.64 Å². The number of esters is 1. The number of hydrogen-bond acceptors (Lipinski definition) is 7. The number of fused-ring (bicyclic) bond motifs is 2. The van der Waals surface area contributed by atoms with Crippen LogP contribution in [0.5, 0.6) is 0 Å². The van der Waals surface area contributed by atoms with E-state index >= 15 is 0 Å². The normalized spacial score (nSPS) is 16.8. The number of nitrogens with zero attached hydrogens (tertiary/aromatic N) is 5. The molecule has 0 unspecified atom stereocenters. The molecule has 0 bridgehead atoms. The fourth-order valence-corrected chi connectivity index (χ4v) is 4.71. The molecule has 1 aromatic carbocycles. The van der Waals surface area contributed by atoms with Gasteiger partial charge in [0.15, 0.2) is 18.0 Å². The average molecular weight is 487 g/mol. The van der Waals surface area contributed by atoms with Crippen molar-refractivity contribution in [2.75, 3.05) is 24.6 Å². The van der Waals surface area contributed by atoms with Gasteiger partial charge >= 0.3 is 12.1 Å². The van der Waals surface area contributed by atoms with E-state index in [1.54, 1.807) is 12.1 Å². The van der Waals surface area contributed by atoms with Gasteiger partial charge in [-0.15, -0.1) is 15.3 Å². The van der Waals surface area contributed by atoms with Crippen LogP contribution in [-0.2, 0) is 28.5 Å². The zero-order valence-electron chi connectivity index (χ0n) is 18.9. The van der Waals surface area contributed by atoms with Crippen LogP contribution in [0.1, 0.15) is 53.0 Å². The van der Waals surface area contributed by atoms with Gasteiger partial charge in [0.05, 0.1) is 5.92 Å². The number of aromatic nitrogens is 4. The van der Waals surface area contributed by atoms with E-state index in [9.17, 15) is 22.8 Å². The van der Waals surface area contributed by atoms with Crippen molar-refractivity contribution in [1.82, 2.24) is 19.8 Å². The lowest BCUT2D eigenvalue weighted by Gasteiger charge is -2.31. The summed E-state index contributed by atoms with van der Waals surface area (Å²) >= 11 is 0. The van der Waals surface area contributed by atoms with Gasteiger partial charge in [0.1, 0.15) is 5.82 Å². The van der Waals surface area contributed by atoms with E-state index in [1.165, 1.54) is 17.2 Å². The van der Waals surface area contributed by atoms with E-state index in [0.717, 1.165) is 25.7 Å². The maximum Gasteiger partial charge on any atom is 0.453 e. The fourth-order valence-electron chi connectivity index (χ4n) is 4.71. The first-order chi connectivity index (χ1) is 16.8. The molecule has 3 aromatic rings. The quantitative estimate of drug-likeness (QED) is 0.401. The number of benzene rings is 1. The second-order valence-corrected chi connectivity index (χ2v) is 8.97. The highest BCUT2D eigenvalue weighted by molar-refractivity contribution is 5.98. The Morgan fingerprint density at radius 3 is 2.49 bits per heavy atom. The van der Waals surface area contributed by atoms with E-state index in [-0.39, 0.29) is 24.0 Å². The molecule has 8 nitrogen and oxygen atoms in total. The zero-order valence-corrected chi connectivity index (χ0v) is 18.9. The topological polar surface area (TPSA) is 89.7 Å². The van der Waals surface area contributed by atoms with Crippen molar-refractivity contribution < 1.29 is 27.5 Å². The molecule has 0 saturated carbocycles. The van der Waals surface area contributed by atoms with Crippen LogP contribution in [0.15, 0.2) is 30.3 Å². The third kappa shape index (κ3) is 4.85. The Morgan fingerprint density at radius 2 is 1.74 bits per heavy atom. The highest BCUT2D eigenvalue weighted by Gasteiger charge is 2.38. The van der Waals surface area contributed by atoms with Gasteiger partial charge in [-0.1, -0.05) is 12.1 Å². The number of Topliss-reactive ketones (excluding diaryl/α,β-unsaturated/α-hetero) is 1. The van der Waals surface area contributed by atoms with Crippen molar-refractivity contribution in [3.63, 3.8) is 0 Å². The minimum absolute atomic E-state index is 0.00290. The summed E-state index contributed by atoms with van der Waals surface area (Å²) in [5.74, 6) is -1.88. The molecule has 3 heterocycles. The van der Waals surface area contributed by atoms with Gasteiger partial charge in [0.2, 0.25) is 0 Å². The number of rotatable bonds is 5. The molecule has 0 atom stereocenters. The number of anilines is 1. The Balaban J connectivity index is 1.16. The number of aryl methyl sites for hydroxylation is 2. The molecule has 0 spiro atoms. The van der Waals surface area contributed by atoms with Crippen LogP contribution in [0, 0.1) is 5.92 Å². The summed E-state index contributed by atoms with van der Waals surface area (Å²) in [6.45, 7) is 0.533. The second-order valence-electron chi connectivity index (χ2n) is 8.97. The van der Waals surface area contributed by atoms with Gasteiger partial charge in [-0.3, -0.25) is 9.59 Å². The van der Waals surface area contributed by atoms with E-state index in [2.05, 4.69) is 15.3 Å². The molecule has 1 fully saturated rings. The zero-order chi connectivity index (χ0) is 24.6. The first-order valence-electron chi connectivity index (χ1n) is 11.7. The standard InChI is InChI=1S/C24H24F3N5O3/c25-24(26,27)23-29-28-20-7-8-21(30-32(20)23)31-11-9-16(10-12-31)22(34)35-14-19(33)18-6-5-15-3-1-2-4-17(15)13-18/h5-8,13,16H,1-4,9-12,14H2. The van der Waals surface area contributed by atoms with Crippen molar-refractivity contribution in [2.45, 2.75) is 44.7 Å². The largest absolute Gasteiger partial charge is 0.457 e. The lowest BCUT2D eigenvalue weighted by molar-refractivity contribution is -0.148. The third-order valence-electron chi connectivity index (χ3n) is 6.67. The Kier molecular flexibility index (Phi) is 6.16. The van der Waals surface area contributed by atoms with Crippen molar-refractivity contribution in [3.05, 3.63) is 52.8 Å². The number of halogens is 3. The van der Waals surface area contributed by atoms with Gasteiger partial charge in [-0.2, -0.15) is 17.7 Å². The molecule has 1 saturated heterocycles. The Bertz CT molecular complexity index is 1270. The Morgan fingerprint density at radius 1 is 1.00 bits per heavy atom. The van der Waals surface area contributed by atoms with Crippen LogP contribution in [0.2, 0.25) is 0 Å². The molecule has 0 amide bonds. The summed E-state index contributed by atoms with van der Waals surface area (Å²) < 4.78 is 45.4. The summed E-state index contributed by atoms with van der Waals surface area (Å²) in [4.78, 5) is 26.9. The number of ketones is 1. The second kappa shape index (κ2) is 9.27. The van der Waals surface area contributed by atoms with Crippen LogP contribution in [0.25, 0.3) is 5.65 Å². The maximum absolute atomic E-state index is 13.1. The van der Waals surface area contributed by atoms with Crippen molar-refractivity contribution in [3.8, 4) is 0 Å². The lowest BCUT2D eigenvalue weighted by Crippen LogP contribution is -2.38. The van der Waals surface area contributed by atoms with Crippen molar-refractivity contribution in [2.24, 2.45) is 5.92 Å². The minimum atomic E-state index is -4.67. The van der Waals surface area contributed by atoms with E-state index < -0.39 is 18.0 Å². The molecule has 11 heteroatoms. The molecular formula is C24H24F3N5O3. The SMILES string of the molecule is O=C(COC(=O)C1CCN(c2ccc3nnc(C(F)(F)F)n3n2)CC1)c1ccc2c(c1)CCCC2. The molecule has 5 rings (SSSR count). The molecule has 2 aromatic heterocycles. The number of carbonyl (C=O) groups is 2. The average Bonchev–Trinajstić information content (AvgIpc) is 3.31. The van der Waals surface area contributed by atoms with Gasteiger partial charge in [-0.25, -0.2) is 0 Å². The van der Waals surface area contributed by atoms with Crippen LogP contribution in [0.4, 0.5) is 19.0 Å². The summed E-state index contributed by atoms with van der Waals surface area (Å²) in [5.41, 5.74) is 3.04. The fraction of sp³-hybridized carbons (Fsp3) is 0.458. The van der Waals surface area contributed by atoms with Crippen molar-refractivity contribution in [1.29, 1.82) is 0 Å². The molecule has 0 N–H and O–H groups in total. The molecule has 2 aliphatic rings. The monoisotopic (exact) mass is 487 g/mol. The number of ether oxygens (including phenoxy) is 1. The van der Waals surface area contributed by atoms with Gasteiger partial charge in [-0.05, 0) is 67.9 Å². The third-order valence-corrected chi connectivity index (χ3v) is 6.67. The molecule has 1 aliphatic carbocycles. The first-order valence-corrected chi connectivity index (χ1v) is 11.7. The predicted molar refractivity (Wildman–Crippen MR) is 119 cm³/mol. The van der Waals surface area contributed by atoms with Crippen LogP contribution in [-0.4, -0.2) is 51.3 Å². The summed E-state index contributed by atoms with van der Waals surface area (Å²) in [6.07, 6.45) is 0.494. The van der Waals surface area contributed by atoms with Crippen LogP contribution < -0.4 is 4.90 Å². The van der Waals surface area contributed by atoms with Crippen molar-refractivity contribution >= 4 is 23.2 Å². The molecule has 35 heavy (non-hydrogen) atoms. The number of piperidine rings is 1. The number of alkyl halides is 3. The van der Waals surface area contributed by atoms with Gasteiger partial charge in [0, 0.05) is 18.7 Å². The molecular weight excluding hydrogens is 463 g/mol.